The SMILES string of the molecule is O=Cc1cc(Cl)c(OCc2cccc(-c3cccc(OCCCBr)c3)c2Cl)cc1O. The maximum Gasteiger partial charge on any atom is 0.153 e. The summed E-state index contributed by atoms with van der Waals surface area (Å²) in [7, 11) is 0. The second kappa shape index (κ2) is 10.7. The number of halogens is 3. The molecule has 0 saturated heterocycles. The molecule has 3 rings (SSSR count). The Morgan fingerprint density at radius 2 is 1.83 bits per heavy atom. The average Bonchev–Trinajstić information content (AvgIpc) is 2.75. The summed E-state index contributed by atoms with van der Waals surface area (Å²) >= 11 is 16.2. The first-order chi connectivity index (χ1) is 14.5. The standard InChI is InChI=1S/C23H19BrCl2O4/c24-8-3-9-29-18-6-1-4-15(10-18)19-7-2-5-16(23(19)26)14-30-22-12-21(28)17(13-27)11-20(22)25/h1-2,4-7,10-13,28H,3,8-9,14H2. The summed E-state index contributed by atoms with van der Waals surface area (Å²) in [5, 5.41) is 11.5. The third-order valence-electron chi connectivity index (χ3n) is 4.36. The molecule has 0 bridgehead atoms. The molecular weight excluding hydrogens is 491 g/mol. The highest BCUT2D eigenvalue weighted by molar-refractivity contribution is 9.09. The van der Waals surface area contributed by atoms with Crippen LogP contribution in [0.3, 0.4) is 0 Å². The third kappa shape index (κ3) is 5.48. The fourth-order valence-electron chi connectivity index (χ4n) is 2.83. The molecule has 30 heavy (non-hydrogen) atoms. The van der Waals surface area contributed by atoms with Gasteiger partial charge in [0.25, 0.3) is 0 Å². The summed E-state index contributed by atoms with van der Waals surface area (Å²) in [6.07, 6.45) is 1.45. The van der Waals surface area contributed by atoms with Crippen LogP contribution < -0.4 is 9.47 Å². The summed E-state index contributed by atoms with van der Waals surface area (Å²) in [4.78, 5) is 10.9. The largest absolute Gasteiger partial charge is 0.507 e. The molecule has 0 unspecified atom stereocenters. The van der Waals surface area contributed by atoms with E-state index in [1.165, 1.54) is 12.1 Å². The molecule has 0 aliphatic rings. The molecule has 0 radical (unpaired) electrons. The number of alkyl halides is 1. The second-order valence-corrected chi connectivity index (χ2v) is 8.02. The lowest BCUT2D eigenvalue weighted by Gasteiger charge is -2.13. The Morgan fingerprint density at radius 3 is 2.60 bits per heavy atom. The molecule has 3 aromatic carbocycles. The number of aromatic hydroxyl groups is 1. The van der Waals surface area contributed by atoms with E-state index in [-0.39, 0.29) is 28.7 Å². The molecule has 4 nitrogen and oxygen atoms in total. The zero-order valence-corrected chi connectivity index (χ0v) is 19.0. The number of aldehydes is 1. The number of carbonyl (C=O) groups is 1. The van der Waals surface area contributed by atoms with E-state index in [1.807, 2.05) is 42.5 Å². The Labute approximate surface area is 193 Å². The van der Waals surface area contributed by atoms with Crippen LogP contribution in [0.15, 0.2) is 54.6 Å². The molecule has 0 spiro atoms. The van der Waals surface area contributed by atoms with E-state index in [0.29, 0.717) is 17.9 Å². The van der Waals surface area contributed by atoms with E-state index in [2.05, 4.69) is 15.9 Å². The van der Waals surface area contributed by atoms with Crippen molar-refractivity contribution in [1.29, 1.82) is 0 Å². The molecule has 0 aliphatic carbocycles. The number of benzene rings is 3. The molecule has 156 valence electrons. The number of hydrogen-bond acceptors (Lipinski definition) is 4. The zero-order valence-electron chi connectivity index (χ0n) is 15.9. The average molecular weight is 510 g/mol. The maximum absolute atomic E-state index is 10.9. The van der Waals surface area contributed by atoms with Crippen molar-refractivity contribution in [2.24, 2.45) is 0 Å². The van der Waals surface area contributed by atoms with Crippen molar-refractivity contribution in [2.45, 2.75) is 13.0 Å². The molecule has 0 fully saturated rings. The molecule has 1 N–H and O–H groups in total. The molecule has 0 saturated carbocycles. The van der Waals surface area contributed by atoms with E-state index >= 15 is 0 Å². The molecule has 0 aromatic heterocycles. The third-order valence-corrected chi connectivity index (χ3v) is 5.66. The van der Waals surface area contributed by atoms with Gasteiger partial charge < -0.3 is 14.6 Å². The van der Waals surface area contributed by atoms with Crippen molar-refractivity contribution in [2.75, 3.05) is 11.9 Å². The molecule has 0 atom stereocenters. The van der Waals surface area contributed by atoms with E-state index in [0.717, 1.165) is 34.2 Å². The van der Waals surface area contributed by atoms with Crippen LogP contribution in [-0.4, -0.2) is 23.3 Å². The minimum Gasteiger partial charge on any atom is -0.507 e. The zero-order chi connectivity index (χ0) is 21.5. The monoisotopic (exact) mass is 508 g/mol. The van der Waals surface area contributed by atoms with Gasteiger partial charge in [-0.2, -0.15) is 0 Å². The summed E-state index contributed by atoms with van der Waals surface area (Å²) in [6.45, 7) is 0.778. The normalized spacial score (nSPS) is 10.6. The number of phenols is 1. The Bertz CT molecular complexity index is 1040. The fourth-order valence-corrected chi connectivity index (χ4v) is 3.58. The Hall–Kier alpha value is -2.21. The lowest BCUT2D eigenvalue weighted by atomic mass is 10.0. The van der Waals surface area contributed by atoms with Crippen molar-refractivity contribution < 1.29 is 19.4 Å². The Morgan fingerprint density at radius 1 is 1.03 bits per heavy atom. The van der Waals surface area contributed by atoms with Gasteiger partial charge in [-0.25, -0.2) is 0 Å². The topological polar surface area (TPSA) is 55.8 Å². The van der Waals surface area contributed by atoms with Gasteiger partial charge in [-0.15, -0.1) is 0 Å². The van der Waals surface area contributed by atoms with Crippen LogP contribution in [0, 0.1) is 0 Å². The predicted octanol–water partition coefficient (Wildman–Crippen LogP) is 6.92. The molecular formula is C23H19BrCl2O4. The quantitative estimate of drug-likeness (QED) is 0.193. The van der Waals surface area contributed by atoms with Crippen molar-refractivity contribution in [3.63, 3.8) is 0 Å². The van der Waals surface area contributed by atoms with Crippen molar-refractivity contribution in [3.8, 4) is 28.4 Å². The van der Waals surface area contributed by atoms with Crippen LogP contribution in [0.5, 0.6) is 17.2 Å². The van der Waals surface area contributed by atoms with E-state index < -0.39 is 0 Å². The molecule has 0 amide bonds. The lowest BCUT2D eigenvalue weighted by Crippen LogP contribution is -1.99. The van der Waals surface area contributed by atoms with Crippen LogP contribution in [0.1, 0.15) is 22.3 Å². The van der Waals surface area contributed by atoms with E-state index in [1.54, 1.807) is 0 Å². The van der Waals surface area contributed by atoms with Gasteiger partial charge in [0.15, 0.2) is 6.29 Å². The Balaban J connectivity index is 1.80. The number of carbonyl (C=O) groups excluding carboxylic acids is 1. The second-order valence-electron chi connectivity index (χ2n) is 6.45. The molecule has 3 aromatic rings. The van der Waals surface area contributed by atoms with E-state index in [4.69, 9.17) is 32.7 Å². The van der Waals surface area contributed by atoms with Crippen LogP contribution >= 0.6 is 39.1 Å². The van der Waals surface area contributed by atoms with Gasteiger partial charge in [-0.3, -0.25) is 4.79 Å². The highest BCUT2D eigenvalue weighted by Crippen LogP contribution is 2.35. The number of hydrogen-bond donors (Lipinski definition) is 1. The number of phenolic OH excluding ortho intramolecular Hbond substituents is 1. The smallest absolute Gasteiger partial charge is 0.153 e. The number of rotatable bonds is 9. The van der Waals surface area contributed by atoms with Gasteiger partial charge in [0.2, 0.25) is 0 Å². The van der Waals surface area contributed by atoms with Crippen molar-refractivity contribution in [3.05, 3.63) is 75.8 Å². The summed E-state index contributed by atoms with van der Waals surface area (Å²) in [6, 6.07) is 16.1. The first kappa shape index (κ1) is 22.5. The first-order valence-electron chi connectivity index (χ1n) is 9.20. The van der Waals surface area contributed by atoms with Gasteiger partial charge in [-0.1, -0.05) is 69.5 Å². The van der Waals surface area contributed by atoms with Crippen LogP contribution in [0.2, 0.25) is 10.0 Å². The van der Waals surface area contributed by atoms with Crippen molar-refractivity contribution >= 4 is 45.4 Å². The van der Waals surface area contributed by atoms with Gasteiger partial charge in [0.05, 0.1) is 22.2 Å². The molecule has 0 aliphatic heterocycles. The van der Waals surface area contributed by atoms with Gasteiger partial charge >= 0.3 is 0 Å². The lowest BCUT2D eigenvalue weighted by molar-refractivity contribution is 0.112. The summed E-state index contributed by atoms with van der Waals surface area (Å²) in [5.74, 6) is 0.855. The summed E-state index contributed by atoms with van der Waals surface area (Å²) < 4.78 is 11.5. The predicted molar refractivity (Wildman–Crippen MR) is 124 cm³/mol. The number of ether oxygens (including phenoxy) is 2. The molecule has 7 heteroatoms. The highest BCUT2D eigenvalue weighted by atomic mass is 79.9. The minimum absolute atomic E-state index is 0.102. The highest BCUT2D eigenvalue weighted by Gasteiger charge is 2.12. The first-order valence-corrected chi connectivity index (χ1v) is 11.1. The van der Waals surface area contributed by atoms with E-state index in [9.17, 15) is 9.90 Å². The minimum atomic E-state index is -0.194. The maximum atomic E-state index is 10.9. The van der Waals surface area contributed by atoms with Crippen LogP contribution in [0.25, 0.3) is 11.1 Å². The Kier molecular flexibility index (Phi) is 8.02. The fraction of sp³-hybridized carbons (Fsp3) is 0.174. The van der Waals surface area contributed by atoms with Crippen LogP contribution in [0.4, 0.5) is 0 Å². The molecule has 0 heterocycles. The summed E-state index contributed by atoms with van der Waals surface area (Å²) in [5.41, 5.74) is 2.65. The van der Waals surface area contributed by atoms with Gasteiger partial charge in [0, 0.05) is 22.5 Å². The van der Waals surface area contributed by atoms with Crippen molar-refractivity contribution in [1.82, 2.24) is 0 Å². The van der Waals surface area contributed by atoms with Crippen LogP contribution in [-0.2, 0) is 6.61 Å². The van der Waals surface area contributed by atoms with Gasteiger partial charge in [-0.05, 0) is 30.2 Å². The van der Waals surface area contributed by atoms with Gasteiger partial charge in [0.1, 0.15) is 23.9 Å².